The van der Waals surface area contributed by atoms with Gasteiger partial charge in [-0.3, -0.25) is 9.59 Å². The van der Waals surface area contributed by atoms with Gasteiger partial charge in [0.05, 0.1) is 6.54 Å². The second kappa shape index (κ2) is 10.6. The second-order valence-electron chi connectivity index (χ2n) is 7.86. The zero-order valence-corrected chi connectivity index (χ0v) is 17.6. The number of hydrogen-bond donors (Lipinski definition) is 3. The number of aliphatic carboxylic acids is 1. The van der Waals surface area contributed by atoms with Crippen LogP contribution in [-0.2, 0) is 14.3 Å². The Bertz CT molecular complexity index is 898. The number of benzene rings is 2. The predicted molar refractivity (Wildman–Crippen MR) is 117 cm³/mol. The summed E-state index contributed by atoms with van der Waals surface area (Å²) in [6.07, 6.45) is 0.748. The first-order chi connectivity index (χ1) is 15.0. The highest BCUT2D eigenvalue weighted by atomic mass is 16.5. The fraction of sp³-hybridized carbons (Fsp3) is 0.375. The molecule has 0 aliphatic heterocycles. The third kappa shape index (κ3) is 6.07. The van der Waals surface area contributed by atoms with Crippen LogP contribution < -0.4 is 10.6 Å². The fourth-order valence-electron chi connectivity index (χ4n) is 3.84. The first kappa shape index (κ1) is 22.3. The lowest BCUT2D eigenvalue weighted by Crippen LogP contribution is -2.38. The maximum absolute atomic E-state index is 12.1. The number of carboxylic acids is 1. The number of alkyl carbamates (subject to hydrolysis) is 1. The van der Waals surface area contributed by atoms with E-state index in [1.54, 1.807) is 0 Å². The van der Waals surface area contributed by atoms with Crippen molar-refractivity contribution in [2.24, 2.45) is 5.92 Å². The van der Waals surface area contributed by atoms with Crippen LogP contribution in [0.5, 0.6) is 0 Å². The van der Waals surface area contributed by atoms with Crippen molar-refractivity contribution in [3.05, 3.63) is 59.7 Å². The number of carbonyl (C=O) groups is 3. The summed E-state index contributed by atoms with van der Waals surface area (Å²) in [5, 5.41) is 13.9. The molecule has 1 unspecified atom stereocenters. The van der Waals surface area contributed by atoms with Crippen LogP contribution in [0.2, 0.25) is 0 Å². The van der Waals surface area contributed by atoms with Crippen molar-refractivity contribution < 1.29 is 24.2 Å². The highest BCUT2D eigenvalue weighted by Crippen LogP contribution is 2.44. The average molecular weight is 424 g/mol. The van der Waals surface area contributed by atoms with Gasteiger partial charge in [0.1, 0.15) is 6.61 Å². The molecule has 2 aromatic rings. The van der Waals surface area contributed by atoms with Gasteiger partial charge in [-0.2, -0.15) is 0 Å². The van der Waals surface area contributed by atoms with Gasteiger partial charge in [-0.15, -0.1) is 0 Å². The van der Waals surface area contributed by atoms with E-state index < -0.39 is 12.1 Å². The highest BCUT2D eigenvalue weighted by molar-refractivity contribution is 5.82. The van der Waals surface area contributed by atoms with Gasteiger partial charge in [0.15, 0.2) is 0 Å². The molecular weight excluding hydrogens is 396 g/mol. The molecule has 0 heterocycles. The van der Waals surface area contributed by atoms with Crippen LogP contribution in [-0.4, -0.2) is 42.8 Å². The Labute approximate surface area is 181 Å². The van der Waals surface area contributed by atoms with Gasteiger partial charge in [0.2, 0.25) is 5.91 Å². The second-order valence-corrected chi connectivity index (χ2v) is 7.86. The zero-order valence-electron chi connectivity index (χ0n) is 17.6. The number of ether oxygens (including phenoxy) is 1. The molecule has 1 aliphatic rings. The number of hydrogen-bond acceptors (Lipinski definition) is 4. The molecule has 0 bridgehead atoms. The van der Waals surface area contributed by atoms with E-state index in [2.05, 4.69) is 22.8 Å². The van der Waals surface area contributed by atoms with E-state index in [4.69, 9.17) is 9.84 Å². The maximum atomic E-state index is 12.1. The summed E-state index contributed by atoms with van der Waals surface area (Å²) in [5.74, 6) is -0.951. The third-order valence-electron chi connectivity index (χ3n) is 5.55. The quantitative estimate of drug-likeness (QED) is 0.541. The standard InChI is InChI=1S/C24H28N2O5/c1-16(10-11-23(28)29)12-13-25-22(27)14-26-24(30)31-15-21-19-8-4-2-6-17(19)18-7-3-5-9-20(18)21/h2-9,16,21H,10-15H2,1H3,(H,25,27)(H,26,30)(H,28,29). The Morgan fingerprint density at radius 3 is 2.19 bits per heavy atom. The van der Waals surface area contributed by atoms with Crippen LogP contribution in [0.4, 0.5) is 4.79 Å². The lowest BCUT2D eigenvalue weighted by atomic mass is 9.98. The molecule has 0 aromatic heterocycles. The molecule has 3 N–H and O–H groups in total. The van der Waals surface area contributed by atoms with Crippen LogP contribution in [0.3, 0.4) is 0 Å². The van der Waals surface area contributed by atoms with Gasteiger partial charge >= 0.3 is 12.1 Å². The van der Waals surface area contributed by atoms with Crippen LogP contribution in [0, 0.1) is 5.92 Å². The Morgan fingerprint density at radius 1 is 0.968 bits per heavy atom. The van der Waals surface area contributed by atoms with Gasteiger partial charge in [-0.1, -0.05) is 55.5 Å². The first-order valence-electron chi connectivity index (χ1n) is 10.5. The molecule has 2 aromatic carbocycles. The molecular formula is C24H28N2O5. The zero-order chi connectivity index (χ0) is 22.2. The number of carboxylic acid groups (broad SMARTS) is 1. The van der Waals surface area contributed by atoms with Crippen molar-refractivity contribution in [3.8, 4) is 11.1 Å². The summed E-state index contributed by atoms with van der Waals surface area (Å²) < 4.78 is 5.40. The number of carbonyl (C=O) groups excluding carboxylic acids is 2. The molecule has 3 rings (SSSR count). The molecule has 1 aliphatic carbocycles. The molecule has 2 amide bonds. The van der Waals surface area contributed by atoms with Crippen LogP contribution in [0.15, 0.2) is 48.5 Å². The minimum absolute atomic E-state index is 0.0285. The number of amides is 2. The van der Waals surface area contributed by atoms with E-state index in [-0.39, 0.29) is 37.3 Å². The van der Waals surface area contributed by atoms with E-state index >= 15 is 0 Å². The van der Waals surface area contributed by atoms with Crippen molar-refractivity contribution in [1.29, 1.82) is 0 Å². The monoisotopic (exact) mass is 424 g/mol. The number of rotatable bonds is 10. The van der Waals surface area contributed by atoms with Gasteiger partial charge in [-0.25, -0.2) is 4.79 Å². The van der Waals surface area contributed by atoms with Gasteiger partial charge < -0.3 is 20.5 Å². The minimum atomic E-state index is -0.817. The Balaban J connectivity index is 1.40. The highest BCUT2D eigenvalue weighted by Gasteiger charge is 2.29. The molecule has 0 radical (unpaired) electrons. The SMILES string of the molecule is CC(CCNC(=O)CNC(=O)OCC1c2ccccc2-c2ccccc21)CCC(=O)O. The molecule has 0 spiro atoms. The van der Waals surface area contributed by atoms with Crippen molar-refractivity contribution in [2.75, 3.05) is 19.7 Å². The summed E-state index contributed by atoms with van der Waals surface area (Å²) in [6.45, 7) is 2.42. The number of fused-ring (bicyclic) bond motifs is 3. The fourth-order valence-corrected chi connectivity index (χ4v) is 3.84. The van der Waals surface area contributed by atoms with Gasteiger partial charge in [-0.05, 0) is 41.0 Å². The summed E-state index contributed by atoms with van der Waals surface area (Å²) in [4.78, 5) is 34.6. The van der Waals surface area contributed by atoms with E-state index in [1.165, 1.54) is 0 Å². The van der Waals surface area contributed by atoms with Crippen LogP contribution >= 0.6 is 0 Å². The lowest BCUT2D eigenvalue weighted by Gasteiger charge is -2.15. The van der Waals surface area contributed by atoms with Gasteiger partial charge in [0, 0.05) is 18.9 Å². The largest absolute Gasteiger partial charge is 0.481 e. The van der Waals surface area contributed by atoms with E-state index in [9.17, 15) is 14.4 Å². The van der Waals surface area contributed by atoms with E-state index in [1.807, 2.05) is 43.3 Å². The van der Waals surface area contributed by atoms with Crippen molar-refractivity contribution in [1.82, 2.24) is 10.6 Å². The molecule has 0 saturated carbocycles. The van der Waals surface area contributed by atoms with Gasteiger partial charge in [0.25, 0.3) is 0 Å². The number of nitrogens with one attached hydrogen (secondary N) is 2. The molecule has 1 atom stereocenters. The van der Waals surface area contributed by atoms with E-state index in [0.717, 1.165) is 22.3 Å². The predicted octanol–water partition coefficient (Wildman–Crippen LogP) is 3.53. The molecule has 31 heavy (non-hydrogen) atoms. The van der Waals surface area contributed by atoms with Crippen molar-refractivity contribution >= 4 is 18.0 Å². The Kier molecular flexibility index (Phi) is 7.65. The van der Waals surface area contributed by atoms with Crippen LogP contribution in [0.1, 0.15) is 43.2 Å². The normalized spacial score (nSPS) is 13.1. The maximum Gasteiger partial charge on any atom is 0.407 e. The Morgan fingerprint density at radius 2 is 1.58 bits per heavy atom. The van der Waals surface area contributed by atoms with Crippen LogP contribution in [0.25, 0.3) is 11.1 Å². The summed E-state index contributed by atoms with van der Waals surface area (Å²) in [6, 6.07) is 16.2. The van der Waals surface area contributed by atoms with Crippen molar-refractivity contribution in [3.63, 3.8) is 0 Å². The summed E-state index contributed by atoms with van der Waals surface area (Å²) >= 11 is 0. The molecule has 7 nitrogen and oxygen atoms in total. The molecule has 0 fully saturated rings. The smallest absolute Gasteiger partial charge is 0.407 e. The molecule has 7 heteroatoms. The summed E-state index contributed by atoms with van der Waals surface area (Å²) in [5.41, 5.74) is 4.57. The first-order valence-corrected chi connectivity index (χ1v) is 10.5. The third-order valence-corrected chi connectivity index (χ3v) is 5.55. The topological polar surface area (TPSA) is 105 Å². The minimum Gasteiger partial charge on any atom is -0.481 e. The summed E-state index contributed by atoms with van der Waals surface area (Å²) in [7, 11) is 0. The molecule has 164 valence electrons. The van der Waals surface area contributed by atoms with E-state index in [0.29, 0.717) is 19.4 Å². The lowest BCUT2D eigenvalue weighted by molar-refractivity contribution is -0.137. The molecule has 0 saturated heterocycles. The van der Waals surface area contributed by atoms with Crippen molar-refractivity contribution in [2.45, 2.75) is 32.1 Å². The Hall–Kier alpha value is -3.35. The average Bonchev–Trinajstić information content (AvgIpc) is 3.08.